The van der Waals surface area contributed by atoms with Crippen LogP contribution < -0.4 is 10.6 Å². The molecule has 0 spiro atoms. The fourth-order valence-corrected chi connectivity index (χ4v) is 1.24. The van der Waals surface area contributed by atoms with Crippen LogP contribution in [0.4, 0.5) is 0 Å². The van der Waals surface area contributed by atoms with Crippen molar-refractivity contribution < 1.29 is 9.59 Å². The van der Waals surface area contributed by atoms with Crippen molar-refractivity contribution in [2.75, 3.05) is 26.7 Å². The molecule has 0 bridgehead atoms. The third-order valence-electron chi connectivity index (χ3n) is 2.32. The molecule has 88 valence electrons. The molecule has 0 aromatic rings. The van der Waals surface area contributed by atoms with E-state index >= 15 is 0 Å². The Morgan fingerprint density at radius 1 is 1.27 bits per heavy atom. The number of hydrogen-bond acceptors (Lipinski definition) is 3. The van der Waals surface area contributed by atoms with E-state index in [0.717, 1.165) is 0 Å². The maximum absolute atomic E-state index is 11.6. The second kappa shape index (κ2) is 7.23. The van der Waals surface area contributed by atoms with Crippen molar-refractivity contribution >= 4 is 11.8 Å². The van der Waals surface area contributed by atoms with Crippen LogP contribution in [-0.2, 0) is 9.59 Å². The van der Waals surface area contributed by atoms with Gasteiger partial charge in [0, 0.05) is 20.1 Å². The van der Waals surface area contributed by atoms with E-state index in [1.165, 1.54) is 0 Å². The standard InChI is InChI=1S/C10H21N3O2/c1-5-13(6-2)9(14)7-12-8(3)10(15)11-4/h8,12H,5-7H2,1-4H3,(H,11,15). The van der Waals surface area contributed by atoms with Crippen LogP contribution in [-0.4, -0.2) is 49.4 Å². The van der Waals surface area contributed by atoms with E-state index in [-0.39, 0.29) is 24.4 Å². The third kappa shape index (κ3) is 4.78. The molecular weight excluding hydrogens is 194 g/mol. The summed E-state index contributed by atoms with van der Waals surface area (Å²) in [4.78, 5) is 24.4. The van der Waals surface area contributed by atoms with E-state index in [1.807, 2.05) is 13.8 Å². The number of hydrogen-bond donors (Lipinski definition) is 2. The van der Waals surface area contributed by atoms with E-state index in [0.29, 0.717) is 13.1 Å². The van der Waals surface area contributed by atoms with Crippen LogP contribution in [0.1, 0.15) is 20.8 Å². The van der Waals surface area contributed by atoms with Crippen LogP contribution in [0.3, 0.4) is 0 Å². The number of likely N-dealkylation sites (N-methyl/N-ethyl adjacent to an activating group) is 2. The van der Waals surface area contributed by atoms with E-state index in [9.17, 15) is 9.59 Å². The minimum atomic E-state index is -0.338. The number of carbonyl (C=O) groups is 2. The fourth-order valence-electron chi connectivity index (χ4n) is 1.24. The lowest BCUT2D eigenvalue weighted by Gasteiger charge is -2.20. The summed E-state index contributed by atoms with van der Waals surface area (Å²) in [5.41, 5.74) is 0. The van der Waals surface area contributed by atoms with Gasteiger partial charge < -0.3 is 10.2 Å². The van der Waals surface area contributed by atoms with E-state index < -0.39 is 0 Å². The third-order valence-corrected chi connectivity index (χ3v) is 2.32. The monoisotopic (exact) mass is 215 g/mol. The number of amides is 2. The Hall–Kier alpha value is -1.10. The highest BCUT2D eigenvalue weighted by Crippen LogP contribution is 1.88. The Morgan fingerprint density at radius 3 is 2.20 bits per heavy atom. The van der Waals surface area contributed by atoms with Crippen LogP contribution in [0.5, 0.6) is 0 Å². The highest BCUT2D eigenvalue weighted by Gasteiger charge is 2.14. The second-order valence-corrected chi connectivity index (χ2v) is 3.28. The molecule has 5 heteroatoms. The van der Waals surface area contributed by atoms with Crippen LogP contribution in [0.25, 0.3) is 0 Å². The molecule has 2 amide bonds. The topological polar surface area (TPSA) is 61.4 Å². The minimum Gasteiger partial charge on any atom is -0.358 e. The van der Waals surface area contributed by atoms with Gasteiger partial charge in [-0.15, -0.1) is 0 Å². The second-order valence-electron chi connectivity index (χ2n) is 3.28. The summed E-state index contributed by atoms with van der Waals surface area (Å²) in [6.07, 6.45) is 0. The molecule has 1 unspecified atom stereocenters. The Balaban J connectivity index is 3.94. The van der Waals surface area contributed by atoms with Gasteiger partial charge in [0.05, 0.1) is 12.6 Å². The Labute approximate surface area is 91.2 Å². The van der Waals surface area contributed by atoms with Crippen LogP contribution in [0.2, 0.25) is 0 Å². The van der Waals surface area contributed by atoms with Gasteiger partial charge in [-0.2, -0.15) is 0 Å². The van der Waals surface area contributed by atoms with Crippen molar-refractivity contribution in [1.29, 1.82) is 0 Å². The maximum Gasteiger partial charge on any atom is 0.236 e. The van der Waals surface area contributed by atoms with Crippen LogP contribution in [0, 0.1) is 0 Å². The van der Waals surface area contributed by atoms with Crippen molar-refractivity contribution in [2.24, 2.45) is 0 Å². The molecule has 0 radical (unpaired) electrons. The average molecular weight is 215 g/mol. The molecule has 0 aromatic heterocycles. The number of nitrogens with zero attached hydrogens (tertiary/aromatic N) is 1. The lowest BCUT2D eigenvalue weighted by molar-refractivity contribution is -0.130. The molecule has 1 atom stereocenters. The summed E-state index contributed by atoms with van der Waals surface area (Å²) in [6.45, 7) is 7.20. The molecule has 2 N–H and O–H groups in total. The predicted molar refractivity (Wildman–Crippen MR) is 59.5 cm³/mol. The smallest absolute Gasteiger partial charge is 0.236 e. The van der Waals surface area contributed by atoms with E-state index in [1.54, 1.807) is 18.9 Å². The first-order valence-corrected chi connectivity index (χ1v) is 5.29. The van der Waals surface area contributed by atoms with Gasteiger partial charge in [0.15, 0.2) is 0 Å². The summed E-state index contributed by atoms with van der Waals surface area (Å²) >= 11 is 0. The average Bonchev–Trinajstić information content (AvgIpc) is 2.26. The minimum absolute atomic E-state index is 0.0238. The summed E-state index contributed by atoms with van der Waals surface area (Å²) in [6, 6.07) is -0.338. The molecule has 0 rings (SSSR count). The van der Waals surface area contributed by atoms with Crippen molar-refractivity contribution in [1.82, 2.24) is 15.5 Å². The predicted octanol–water partition coefficient (Wildman–Crippen LogP) is -0.421. The van der Waals surface area contributed by atoms with Crippen molar-refractivity contribution in [2.45, 2.75) is 26.8 Å². The molecule has 0 fully saturated rings. The zero-order valence-corrected chi connectivity index (χ0v) is 9.96. The molecule has 0 aliphatic rings. The Bertz CT molecular complexity index is 215. The summed E-state index contributed by atoms with van der Waals surface area (Å²) < 4.78 is 0. The van der Waals surface area contributed by atoms with E-state index in [4.69, 9.17) is 0 Å². The lowest BCUT2D eigenvalue weighted by Crippen LogP contribution is -2.46. The Morgan fingerprint density at radius 2 is 1.80 bits per heavy atom. The molecule has 0 saturated heterocycles. The number of rotatable bonds is 6. The molecule has 0 aliphatic carbocycles. The van der Waals surface area contributed by atoms with Gasteiger partial charge in [0.25, 0.3) is 0 Å². The first kappa shape index (κ1) is 13.9. The zero-order valence-electron chi connectivity index (χ0n) is 9.96. The van der Waals surface area contributed by atoms with Gasteiger partial charge in [-0.05, 0) is 20.8 Å². The molecular formula is C10H21N3O2. The van der Waals surface area contributed by atoms with Gasteiger partial charge in [0.1, 0.15) is 0 Å². The fraction of sp³-hybridized carbons (Fsp3) is 0.800. The van der Waals surface area contributed by atoms with Gasteiger partial charge in [-0.1, -0.05) is 0 Å². The lowest BCUT2D eigenvalue weighted by atomic mass is 10.3. The van der Waals surface area contributed by atoms with Crippen LogP contribution in [0.15, 0.2) is 0 Å². The molecule has 0 aromatic carbocycles. The van der Waals surface area contributed by atoms with Gasteiger partial charge in [-0.25, -0.2) is 0 Å². The zero-order chi connectivity index (χ0) is 11.8. The van der Waals surface area contributed by atoms with E-state index in [2.05, 4.69) is 10.6 Å². The largest absolute Gasteiger partial charge is 0.358 e. The van der Waals surface area contributed by atoms with Gasteiger partial charge in [0.2, 0.25) is 11.8 Å². The molecule has 15 heavy (non-hydrogen) atoms. The quantitative estimate of drug-likeness (QED) is 0.632. The SMILES string of the molecule is CCN(CC)C(=O)CNC(C)C(=O)NC. The van der Waals surface area contributed by atoms with Gasteiger partial charge >= 0.3 is 0 Å². The van der Waals surface area contributed by atoms with Crippen molar-refractivity contribution in [3.8, 4) is 0 Å². The maximum atomic E-state index is 11.6. The first-order chi connectivity index (χ1) is 7.06. The van der Waals surface area contributed by atoms with Crippen LogP contribution >= 0.6 is 0 Å². The normalized spacial score (nSPS) is 12.0. The van der Waals surface area contributed by atoms with Crippen molar-refractivity contribution in [3.05, 3.63) is 0 Å². The molecule has 0 heterocycles. The summed E-state index contributed by atoms with van der Waals surface area (Å²) in [5.74, 6) is -0.0851. The number of carbonyl (C=O) groups excluding carboxylic acids is 2. The summed E-state index contributed by atoms with van der Waals surface area (Å²) in [5, 5.41) is 5.40. The van der Waals surface area contributed by atoms with Gasteiger partial charge in [-0.3, -0.25) is 14.9 Å². The summed E-state index contributed by atoms with van der Waals surface area (Å²) in [7, 11) is 1.58. The van der Waals surface area contributed by atoms with Crippen molar-refractivity contribution in [3.63, 3.8) is 0 Å². The molecule has 0 aliphatic heterocycles. The Kier molecular flexibility index (Phi) is 6.70. The first-order valence-electron chi connectivity index (χ1n) is 5.29. The number of nitrogens with one attached hydrogen (secondary N) is 2. The highest BCUT2D eigenvalue weighted by atomic mass is 16.2. The highest BCUT2D eigenvalue weighted by molar-refractivity contribution is 5.83. The molecule has 0 saturated carbocycles. The molecule has 5 nitrogen and oxygen atoms in total.